The first-order valence-electron chi connectivity index (χ1n) is 30.3. The van der Waals surface area contributed by atoms with E-state index >= 15 is 0 Å². The Morgan fingerprint density at radius 3 is 1.21 bits per heavy atom. The molecule has 1 aliphatic rings. The molecule has 0 aromatic heterocycles. The number of hydrogen-bond donors (Lipinski definition) is 1. The second kappa shape index (κ2) is 43.6. The largest absolute Gasteiger partial charge is 0.466 e. The zero-order valence-corrected chi connectivity index (χ0v) is 51.7. The molecule has 77 heavy (non-hydrogen) atoms. The van der Waals surface area contributed by atoms with E-state index in [0.29, 0.717) is 64.0 Å². The number of Topliss-reactive ketones (excluding diaryl/α,β-unsaturated/α-hetero) is 1. The van der Waals surface area contributed by atoms with Crippen molar-refractivity contribution in [3.63, 3.8) is 0 Å². The van der Waals surface area contributed by atoms with Gasteiger partial charge >= 0.3 is 5.97 Å². The number of ketones is 1. The number of rotatable bonds is 49. The van der Waals surface area contributed by atoms with Gasteiger partial charge < -0.3 is 33.7 Å². The van der Waals surface area contributed by atoms with Crippen LogP contribution < -0.4 is 0 Å². The van der Waals surface area contributed by atoms with Crippen molar-refractivity contribution in [2.45, 2.75) is 231 Å². The highest BCUT2D eigenvalue weighted by molar-refractivity contribution is 5.82. The molecule has 6 unspecified atom stereocenters. The van der Waals surface area contributed by atoms with Crippen molar-refractivity contribution in [1.82, 2.24) is 4.90 Å². The van der Waals surface area contributed by atoms with Gasteiger partial charge in [-0.05, 0) is 186 Å². The average molecular weight is 1080 g/mol. The van der Waals surface area contributed by atoms with Crippen LogP contribution >= 0.6 is 0 Å². The van der Waals surface area contributed by atoms with Crippen LogP contribution in [-0.2, 0) is 33.3 Å². The quantitative estimate of drug-likeness (QED) is 0.0276. The number of esters is 1. The maximum absolute atomic E-state index is 13.7. The number of allylic oxidation sites excluding steroid dienone is 8. The summed E-state index contributed by atoms with van der Waals surface area (Å²) in [5, 5.41) is 9.47. The number of aliphatic hydroxyl groups excluding tert-OH is 1. The van der Waals surface area contributed by atoms with Crippen molar-refractivity contribution in [3.8, 4) is 0 Å². The van der Waals surface area contributed by atoms with Crippen molar-refractivity contribution >= 4 is 11.8 Å². The Bertz CT molecular complexity index is 1720. The lowest BCUT2D eigenvalue weighted by molar-refractivity contribution is -0.165. The maximum Gasteiger partial charge on any atom is 0.305 e. The molecular formula is C68H117NO8. The number of ether oxygens (including phenoxy) is 5. The van der Waals surface area contributed by atoms with E-state index in [-0.39, 0.29) is 48.6 Å². The number of nitrogens with zero attached hydrogens (tertiary/aromatic N) is 1. The lowest BCUT2D eigenvalue weighted by Crippen LogP contribution is -2.34. The molecule has 1 N–H and O–H groups in total. The summed E-state index contributed by atoms with van der Waals surface area (Å²) in [4.78, 5) is 29.2. The molecule has 1 fully saturated rings. The second-order valence-corrected chi connectivity index (χ2v) is 24.0. The van der Waals surface area contributed by atoms with E-state index < -0.39 is 12.6 Å². The average Bonchev–Trinajstić information content (AvgIpc) is 3.34. The van der Waals surface area contributed by atoms with Crippen LogP contribution in [0.4, 0.5) is 0 Å². The van der Waals surface area contributed by atoms with E-state index in [1.54, 1.807) is 0 Å². The number of carbonyl (C=O) groups is 2. The van der Waals surface area contributed by atoms with Gasteiger partial charge in [-0.25, -0.2) is 0 Å². The van der Waals surface area contributed by atoms with Gasteiger partial charge in [-0.2, -0.15) is 0 Å². The molecular weight excluding hydrogens is 959 g/mol. The van der Waals surface area contributed by atoms with Gasteiger partial charge in [0, 0.05) is 55.5 Å². The van der Waals surface area contributed by atoms with Gasteiger partial charge in [0.15, 0.2) is 12.6 Å². The first kappa shape index (κ1) is 71.8. The molecule has 0 bridgehead atoms. The summed E-state index contributed by atoms with van der Waals surface area (Å²) in [6, 6.07) is 0. The molecule has 0 aliphatic heterocycles. The Morgan fingerprint density at radius 2 is 0.857 bits per heavy atom. The summed E-state index contributed by atoms with van der Waals surface area (Å²) in [5.41, 5.74) is 9.45. The summed E-state index contributed by atoms with van der Waals surface area (Å²) in [6.07, 6.45) is 27.1. The van der Waals surface area contributed by atoms with Crippen LogP contribution in [0.2, 0.25) is 0 Å². The Kier molecular flexibility index (Phi) is 40.7. The number of unbranched alkanes of at least 4 members (excludes halogenated alkanes) is 7. The predicted molar refractivity (Wildman–Crippen MR) is 326 cm³/mol. The minimum atomic E-state index is -0.521. The van der Waals surface area contributed by atoms with Crippen molar-refractivity contribution in [3.05, 3.63) is 95.2 Å². The SMILES string of the molecule is C=C(C)C(CC=C(C)C)COC(CCC(=O)OCCCCCCN(CCCCO)CCCCCCC1CCC1C(=O)CCC(OCC(CC=C(C)C)C(=C)C)OCC(CC=C(C)C)C(=C)C)OCC(CC=C(C)C)C(=C)C. The fraction of sp³-hybridized carbons (Fsp3) is 0.735. The first-order chi connectivity index (χ1) is 36.6. The first-order valence-corrected chi connectivity index (χ1v) is 30.3. The summed E-state index contributed by atoms with van der Waals surface area (Å²) < 4.78 is 31.3. The van der Waals surface area contributed by atoms with Crippen molar-refractivity contribution in [1.29, 1.82) is 0 Å². The van der Waals surface area contributed by atoms with E-state index in [4.69, 9.17) is 23.7 Å². The minimum absolute atomic E-state index is 0.163. The fourth-order valence-electron chi connectivity index (χ4n) is 9.43. The van der Waals surface area contributed by atoms with Crippen molar-refractivity contribution in [2.24, 2.45) is 35.5 Å². The molecule has 0 spiro atoms. The second-order valence-electron chi connectivity index (χ2n) is 24.0. The lowest BCUT2D eigenvalue weighted by Gasteiger charge is -2.36. The number of carbonyl (C=O) groups excluding carboxylic acids is 2. The summed E-state index contributed by atoms with van der Waals surface area (Å²) in [7, 11) is 0. The normalized spacial score (nSPS) is 16.5. The van der Waals surface area contributed by atoms with Gasteiger partial charge in [0.1, 0.15) is 5.78 Å². The number of hydrogen-bond acceptors (Lipinski definition) is 9. The van der Waals surface area contributed by atoms with Crippen LogP contribution in [0.5, 0.6) is 0 Å². The van der Waals surface area contributed by atoms with Gasteiger partial charge in [0.2, 0.25) is 0 Å². The summed E-state index contributed by atoms with van der Waals surface area (Å²) in [6.45, 7) is 47.8. The molecule has 9 nitrogen and oxygen atoms in total. The highest BCUT2D eigenvalue weighted by Gasteiger charge is 2.35. The highest BCUT2D eigenvalue weighted by Crippen LogP contribution is 2.40. The topological polar surface area (TPSA) is 104 Å². The zero-order valence-electron chi connectivity index (χ0n) is 51.7. The molecule has 442 valence electrons. The van der Waals surface area contributed by atoms with Crippen molar-refractivity contribution in [2.75, 3.05) is 59.3 Å². The van der Waals surface area contributed by atoms with Gasteiger partial charge in [0.05, 0.1) is 39.5 Å². The lowest BCUT2D eigenvalue weighted by atomic mass is 9.68. The molecule has 9 heteroatoms. The Balaban J connectivity index is 2.59. The van der Waals surface area contributed by atoms with E-state index in [1.165, 1.54) is 41.6 Å². The van der Waals surface area contributed by atoms with E-state index in [1.807, 2.05) is 13.8 Å². The monoisotopic (exact) mass is 1080 g/mol. The van der Waals surface area contributed by atoms with E-state index in [9.17, 15) is 14.7 Å². The molecule has 6 atom stereocenters. The standard InChI is InChI=1S/C68H117NO8/c1-51(2)28-32-60(55(9)10)47-74-67(75-48-61(56(11)12)33-29-52(3)4)40-38-65(71)64-37-36-59(64)27-21-17-18-22-42-69(44-24-25-45-70)43-23-19-20-26-46-73-66(72)39-41-68(76-49-62(57(13)14)34-30-53(5)6)77-50-63(58(15)16)35-31-54(7)8/h28-31,59-64,67-68,70H,9,11,13,15,17-27,32-50H2,1-8,10,12,14,16H3. The molecule has 0 radical (unpaired) electrons. The predicted octanol–water partition coefficient (Wildman–Crippen LogP) is 17.2. The molecule has 1 aliphatic carbocycles. The molecule has 0 amide bonds. The van der Waals surface area contributed by atoms with Gasteiger partial charge in [-0.3, -0.25) is 9.59 Å². The molecule has 1 rings (SSSR count). The van der Waals surface area contributed by atoms with E-state index in [0.717, 1.165) is 132 Å². The number of aliphatic hydroxyl groups is 1. The van der Waals surface area contributed by atoms with Crippen LogP contribution in [0.3, 0.4) is 0 Å². The third kappa shape index (κ3) is 36.7. The summed E-state index contributed by atoms with van der Waals surface area (Å²) >= 11 is 0. The Labute approximate surface area is 473 Å². The minimum Gasteiger partial charge on any atom is -0.466 e. The van der Waals surface area contributed by atoms with Crippen LogP contribution in [-0.4, -0.2) is 93.6 Å². The smallest absolute Gasteiger partial charge is 0.305 e. The Morgan fingerprint density at radius 1 is 0.494 bits per heavy atom. The fourth-order valence-corrected chi connectivity index (χ4v) is 9.43. The molecule has 0 aromatic rings. The van der Waals surface area contributed by atoms with Gasteiger partial charge in [0.25, 0.3) is 0 Å². The third-order valence-corrected chi connectivity index (χ3v) is 15.3. The molecule has 0 aromatic carbocycles. The highest BCUT2D eigenvalue weighted by atomic mass is 16.7. The van der Waals surface area contributed by atoms with Gasteiger partial charge in [-0.1, -0.05) is 127 Å². The molecule has 0 heterocycles. The Hall–Kier alpha value is -3.18. The van der Waals surface area contributed by atoms with Gasteiger partial charge in [-0.15, -0.1) is 0 Å². The van der Waals surface area contributed by atoms with Crippen LogP contribution in [0.25, 0.3) is 0 Å². The third-order valence-electron chi connectivity index (χ3n) is 15.3. The van der Waals surface area contributed by atoms with Crippen LogP contribution in [0, 0.1) is 35.5 Å². The molecule has 0 saturated heterocycles. The van der Waals surface area contributed by atoms with E-state index in [2.05, 4.69) is 125 Å². The van der Waals surface area contributed by atoms with Crippen molar-refractivity contribution < 1.29 is 38.4 Å². The van der Waals surface area contributed by atoms with Crippen LogP contribution in [0.15, 0.2) is 95.2 Å². The van der Waals surface area contributed by atoms with Crippen LogP contribution in [0.1, 0.15) is 218 Å². The summed E-state index contributed by atoms with van der Waals surface area (Å²) in [5.74, 6) is 1.56. The molecule has 1 saturated carbocycles. The maximum atomic E-state index is 13.7. The zero-order chi connectivity index (χ0) is 57.5.